The lowest BCUT2D eigenvalue weighted by molar-refractivity contribution is -0.114. The van der Waals surface area contributed by atoms with Crippen molar-refractivity contribution in [2.24, 2.45) is 0 Å². The average molecular weight is 420 g/mol. The van der Waals surface area contributed by atoms with E-state index in [0.717, 1.165) is 10.6 Å². The molecule has 0 aliphatic carbocycles. The number of aromatic nitrogens is 1. The molecule has 3 aromatic rings. The molecule has 0 spiro atoms. The number of hydrogen-bond acceptors (Lipinski definition) is 5. The number of fused-ring (bicyclic) bond motifs is 1. The van der Waals surface area contributed by atoms with Crippen LogP contribution in [0.2, 0.25) is 0 Å². The van der Waals surface area contributed by atoms with Crippen molar-refractivity contribution < 1.29 is 14.4 Å². The van der Waals surface area contributed by atoms with Crippen molar-refractivity contribution in [3.8, 4) is 0 Å². The Labute approximate surface area is 177 Å². The summed E-state index contributed by atoms with van der Waals surface area (Å²) in [6.07, 6.45) is 0.651. The summed E-state index contributed by atoms with van der Waals surface area (Å²) in [6.45, 7) is 2.49. The average Bonchev–Trinajstić information content (AvgIpc) is 3.15. The molecule has 2 N–H and O–H groups in total. The Morgan fingerprint density at radius 2 is 1.77 bits per heavy atom. The monoisotopic (exact) mass is 420 g/mol. The second kappa shape index (κ2) is 8.46. The Hall–Kier alpha value is -3.52. The first-order valence-corrected chi connectivity index (χ1v) is 10.3. The van der Waals surface area contributed by atoms with Gasteiger partial charge in [0, 0.05) is 41.6 Å². The van der Waals surface area contributed by atoms with Gasteiger partial charge in [-0.2, -0.15) is 0 Å². The lowest BCUT2D eigenvalue weighted by Gasteiger charge is -2.26. The molecule has 4 rings (SSSR count). The molecular formula is C22H20N4O3S. The van der Waals surface area contributed by atoms with Gasteiger partial charge < -0.3 is 10.2 Å². The number of carbonyl (C=O) groups excluding carboxylic acids is 3. The van der Waals surface area contributed by atoms with Crippen LogP contribution in [0.1, 0.15) is 38.2 Å². The molecular weight excluding hydrogens is 400 g/mol. The van der Waals surface area contributed by atoms with Crippen LogP contribution in [-0.2, 0) is 17.8 Å². The number of rotatable bonds is 4. The minimum atomic E-state index is -0.300. The number of anilines is 2. The van der Waals surface area contributed by atoms with Gasteiger partial charge >= 0.3 is 0 Å². The van der Waals surface area contributed by atoms with Crippen molar-refractivity contribution in [2.45, 2.75) is 19.9 Å². The Morgan fingerprint density at radius 1 is 1.00 bits per heavy atom. The van der Waals surface area contributed by atoms with E-state index in [1.54, 1.807) is 29.2 Å². The minimum Gasteiger partial charge on any atom is -0.333 e. The molecule has 8 heteroatoms. The van der Waals surface area contributed by atoms with Gasteiger partial charge in [-0.05, 0) is 30.3 Å². The predicted octanol–water partition coefficient (Wildman–Crippen LogP) is 3.55. The molecule has 30 heavy (non-hydrogen) atoms. The van der Waals surface area contributed by atoms with E-state index in [2.05, 4.69) is 15.6 Å². The molecule has 0 unspecified atom stereocenters. The fourth-order valence-corrected chi connectivity index (χ4v) is 4.32. The summed E-state index contributed by atoms with van der Waals surface area (Å²) in [5.41, 5.74) is 2.57. The number of carbonyl (C=O) groups is 3. The van der Waals surface area contributed by atoms with Crippen LogP contribution in [-0.4, -0.2) is 34.2 Å². The van der Waals surface area contributed by atoms with Crippen LogP contribution >= 0.6 is 11.3 Å². The summed E-state index contributed by atoms with van der Waals surface area (Å²) in [5.74, 6) is -0.504. The number of nitrogens with one attached hydrogen (secondary N) is 2. The van der Waals surface area contributed by atoms with Crippen LogP contribution in [0, 0.1) is 0 Å². The highest BCUT2D eigenvalue weighted by atomic mass is 32.1. The molecule has 0 saturated heterocycles. The summed E-state index contributed by atoms with van der Waals surface area (Å²) in [6, 6.07) is 15.9. The van der Waals surface area contributed by atoms with Crippen molar-refractivity contribution >= 4 is 39.9 Å². The Kier molecular flexibility index (Phi) is 5.58. The standard InChI is InChI=1S/C22H20N4O3S/c1-14(27)23-17-9-5-8-16(12-17)20(28)25-22-24-18-10-11-26(13-19(18)30-22)21(29)15-6-3-2-4-7-15/h2-9,12H,10-11,13H2,1H3,(H,23,27)(H,24,25,28). The zero-order valence-electron chi connectivity index (χ0n) is 16.3. The summed E-state index contributed by atoms with van der Waals surface area (Å²) in [5, 5.41) is 5.99. The number of benzene rings is 2. The molecule has 0 saturated carbocycles. The number of thiazole rings is 1. The van der Waals surface area contributed by atoms with E-state index in [0.29, 0.717) is 41.5 Å². The Bertz CT molecular complexity index is 1110. The lowest BCUT2D eigenvalue weighted by Crippen LogP contribution is -2.35. The zero-order chi connectivity index (χ0) is 21.1. The topological polar surface area (TPSA) is 91.4 Å². The van der Waals surface area contributed by atoms with Crippen molar-refractivity contribution in [1.29, 1.82) is 0 Å². The van der Waals surface area contributed by atoms with E-state index in [4.69, 9.17) is 0 Å². The fourth-order valence-electron chi connectivity index (χ4n) is 3.30. The molecule has 152 valence electrons. The van der Waals surface area contributed by atoms with Crippen LogP contribution < -0.4 is 10.6 Å². The van der Waals surface area contributed by atoms with Crippen LogP contribution in [0.5, 0.6) is 0 Å². The first kappa shape index (κ1) is 19.8. The molecule has 0 radical (unpaired) electrons. The van der Waals surface area contributed by atoms with E-state index in [-0.39, 0.29) is 17.7 Å². The maximum Gasteiger partial charge on any atom is 0.257 e. The van der Waals surface area contributed by atoms with Gasteiger partial charge in [-0.1, -0.05) is 35.6 Å². The van der Waals surface area contributed by atoms with Crippen molar-refractivity contribution in [2.75, 3.05) is 17.2 Å². The maximum atomic E-state index is 12.7. The van der Waals surface area contributed by atoms with Gasteiger partial charge in [0.05, 0.1) is 12.2 Å². The molecule has 1 aromatic heterocycles. The van der Waals surface area contributed by atoms with Crippen LogP contribution in [0.15, 0.2) is 54.6 Å². The molecule has 0 fully saturated rings. The molecule has 3 amide bonds. The molecule has 1 aliphatic rings. The van der Waals surface area contributed by atoms with E-state index in [1.807, 2.05) is 30.3 Å². The van der Waals surface area contributed by atoms with Crippen molar-refractivity contribution in [1.82, 2.24) is 9.88 Å². The van der Waals surface area contributed by atoms with E-state index < -0.39 is 0 Å². The quantitative estimate of drug-likeness (QED) is 0.675. The molecule has 2 aromatic carbocycles. The second-order valence-corrected chi connectivity index (χ2v) is 8.03. The SMILES string of the molecule is CC(=O)Nc1cccc(C(=O)Nc2nc3c(s2)CN(C(=O)c2ccccc2)CC3)c1. The number of hydrogen-bond donors (Lipinski definition) is 2. The fraction of sp³-hybridized carbons (Fsp3) is 0.182. The van der Waals surface area contributed by atoms with E-state index >= 15 is 0 Å². The highest BCUT2D eigenvalue weighted by molar-refractivity contribution is 7.15. The van der Waals surface area contributed by atoms with Crippen LogP contribution in [0.4, 0.5) is 10.8 Å². The van der Waals surface area contributed by atoms with Gasteiger partial charge in [-0.15, -0.1) is 0 Å². The third-order valence-corrected chi connectivity index (χ3v) is 5.70. The number of nitrogens with zero attached hydrogens (tertiary/aromatic N) is 2. The second-order valence-electron chi connectivity index (χ2n) is 6.95. The predicted molar refractivity (Wildman–Crippen MR) is 116 cm³/mol. The highest BCUT2D eigenvalue weighted by Crippen LogP contribution is 2.29. The first-order valence-electron chi connectivity index (χ1n) is 9.51. The smallest absolute Gasteiger partial charge is 0.257 e. The van der Waals surface area contributed by atoms with Gasteiger partial charge in [0.25, 0.3) is 11.8 Å². The Morgan fingerprint density at radius 3 is 2.53 bits per heavy atom. The number of amides is 3. The summed E-state index contributed by atoms with van der Waals surface area (Å²) in [7, 11) is 0. The zero-order valence-corrected chi connectivity index (χ0v) is 17.2. The molecule has 0 atom stereocenters. The van der Waals surface area contributed by atoms with E-state index in [9.17, 15) is 14.4 Å². The van der Waals surface area contributed by atoms with Crippen LogP contribution in [0.25, 0.3) is 0 Å². The highest BCUT2D eigenvalue weighted by Gasteiger charge is 2.25. The normalized spacial score (nSPS) is 12.8. The summed E-state index contributed by atoms with van der Waals surface area (Å²) >= 11 is 1.38. The van der Waals surface area contributed by atoms with Gasteiger partial charge in [0.2, 0.25) is 5.91 Å². The summed E-state index contributed by atoms with van der Waals surface area (Å²) < 4.78 is 0. The molecule has 2 heterocycles. The Balaban J connectivity index is 1.45. The minimum absolute atomic E-state index is 0.00461. The van der Waals surface area contributed by atoms with Crippen molar-refractivity contribution in [3.05, 3.63) is 76.3 Å². The van der Waals surface area contributed by atoms with Gasteiger partial charge in [-0.25, -0.2) is 4.98 Å². The third-order valence-electron chi connectivity index (χ3n) is 4.70. The van der Waals surface area contributed by atoms with Gasteiger partial charge in [-0.3, -0.25) is 19.7 Å². The maximum absolute atomic E-state index is 12.7. The van der Waals surface area contributed by atoms with Gasteiger partial charge in [0.1, 0.15) is 0 Å². The molecule has 0 bridgehead atoms. The first-order chi connectivity index (χ1) is 14.5. The summed E-state index contributed by atoms with van der Waals surface area (Å²) in [4.78, 5) is 43.8. The van der Waals surface area contributed by atoms with Gasteiger partial charge in [0.15, 0.2) is 5.13 Å². The molecule has 7 nitrogen and oxygen atoms in total. The van der Waals surface area contributed by atoms with Crippen LogP contribution in [0.3, 0.4) is 0 Å². The molecule has 1 aliphatic heterocycles. The van der Waals surface area contributed by atoms with E-state index in [1.165, 1.54) is 18.3 Å². The lowest BCUT2D eigenvalue weighted by atomic mass is 10.1. The van der Waals surface area contributed by atoms with Crippen molar-refractivity contribution in [3.63, 3.8) is 0 Å². The largest absolute Gasteiger partial charge is 0.333 e. The third kappa shape index (κ3) is 4.38.